The molecule has 0 saturated carbocycles. The van der Waals surface area contributed by atoms with Crippen molar-refractivity contribution in [1.29, 1.82) is 0 Å². The predicted molar refractivity (Wildman–Crippen MR) is 51.5 cm³/mol. The lowest BCUT2D eigenvalue weighted by atomic mass is 10.2. The molecule has 0 aromatic carbocycles. The Balaban J connectivity index is 2.56. The molecule has 0 spiro atoms. The van der Waals surface area contributed by atoms with Crippen molar-refractivity contribution in [3.05, 3.63) is 16.1 Å². The standard InChI is InChI=1S/C8H14N2O2S/c1-12-4-8-10-7(5-13-8)6(9)2-3-11/h5-6,11H,2-4,9H2,1H3. The Labute approximate surface area is 81.4 Å². The molecular weight excluding hydrogens is 188 g/mol. The fraction of sp³-hybridized carbons (Fsp3) is 0.625. The summed E-state index contributed by atoms with van der Waals surface area (Å²) in [5, 5.41) is 11.5. The fourth-order valence-electron chi connectivity index (χ4n) is 0.972. The molecule has 74 valence electrons. The van der Waals surface area contributed by atoms with Crippen LogP contribution in [0.1, 0.15) is 23.2 Å². The van der Waals surface area contributed by atoms with Gasteiger partial charge in [-0.2, -0.15) is 0 Å². The van der Waals surface area contributed by atoms with Gasteiger partial charge in [-0.15, -0.1) is 11.3 Å². The van der Waals surface area contributed by atoms with E-state index in [0.29, 0.717) is 13.0 Å². The molecule has 4 nitrogen and oxygen atoms in total. The molecule has 1 aromatic heterocycles. The highest BCUT2D eigenvalue weighted by Crippen LogP contribution is 2.17. The minimum absolute atomic E-state index is 0.0955. The highest BCUT2D eigenvalue weighted by molar-refractivity contribution is 7.09. The summed E-state index contributed by atoms with van der Waals surface area (Å²) in [6, 6.07) is -0.160. The second-order valence-electron chi connectivity index (χ2n) is 2.72. The summed E-state index contributed by atoms with van der Waals surface area (Å²) in [4.78, 5) is 4.28. The summed E-state index contributed by atoms with van der Waals surface area (Å²) in [7, 11) is 1.63. The molecule has 1 atom stereocenters. The number of aliphatic hydroxyl groups is 1. The van der Waals surface area contributed by atoms with Crippen molar-refractivity contribution >= 4 is 11.3 Å². The number of ether oxygens (including phenoxy) is 1. The number of methoxy groups -OCH3 is 1. The molecule has 13 heavy (non-hydrogen) atoms. The number of nitrogens with two attached hydrogens (primary N) is 1. The van der Waals surface area contributed by atoms with E-state index in [-0.39, 0.29) is 12.6 Å². The van der Waals surface area contributed by atoms with Crippen LogP contribution in [-0.2, 0) is 11.3 Å². The third-order valence-electron chi connectivity index (χ3n) is 1.66. The van der Waals surface area contributed by atoms with Crippen LogP contribution >= 0.6 is 11.3 Å². The SMILES string of the molecule is COCc1nc(C(N)CCO)cs1. The van der Waals surface area contributed by atoms with E-state index in [9.17, 15) is 0 Å². The van der Waals surface area contributed by atoms with Gasteiger partial charge in [0.1, 0.15) is 5.01 Å². The van der Waals surface area contributed by atoms with E-state index in [1.54, 1.807) is 7.11 Å². The first-order valence-corrected chi connectivity index (χ1v) is 4.95. The topological polar surface area (TPSA) is 68.4 Å². The van der Waals surface area contributed by atoms with Gasteiger partial charge in [-0.3, -0.25) is 0 Å². The molecule has 1 heterocycles. The van der Waals surface area contributed by atoms with Crippen molar-refractivity contribution in [3.63, 3.8) is 0 Å². The van der Waals surface area contributed by atoms with Gasteiger partial charge < -0.3 is 15.6 Å². The molecule has 5 heteroatoms. The highest BCUT2D eigenvalue weighted by atomic mass is 32.1. The van der Waals surface area contributed by atoms with Gasteiger partial charge in [0.2, 0.25) is 0 Å². The molecule has 0 bridgehead atoms. The van der Waals surface area contributed by atoms with Crippen LogP contribution < -0.4 is 5.73 Å². The molecule has 0 aliphatic carbocycles. The van der Waals surface area contributed by atoms with Crippen LogP contribution in [0.15, 0.2) is 5.38 Å². The Kier molecular flexibility index (Phi) is 4.31. The molecule has 1 rings (SSSR count). The molecule has 3 N–H and O–H groups in total. The first-order chi connectivity index (χ1) is 6.27. The van der Waals surface area contributed by atoms with E-state index < -0.39 is 0 Å². The van der Waals surface area contributed by atoms with Crippen LogP contribution in [-0.4, -0.2) is 23.8 Å². The smallest absolute Gasteiger partial charge is 0.119 e. The van der Waals surface area contributed by atoms with Crippen LogP contribution in [0.2, 0.25) is 0 Å². The zero-order valence-electron chi connectivity index (χ0n) is 7.56. The predicted octanol–water partition coefficient (Wildman–Crippen LogP) is 0.672. The van der Waals surface area contributed by atoms with Crippen LogP contribution in [0.4, 0.5) is 0 Å². The maximum absolute atomic E-state index is 8.68. The summed E-state index contributed by atoms with van der Waals surface area (Å²) >= 11 is 1.53. The normalized spacial score (nSPS) is 13.2. The van der Waals surface area contributed by atoms with E-state index in [4.69, 9.17) is 15.6 Å². The maximum atomic E-state index is 8.68. The molecule has 1 aromatic rings. The highest BCUT2D eigenvalue weighted by Gasteiger charge is 2.09. The van der Waals surface area contributed by atoms with Gasteiger partial charge in [0, 0.05) is 19.1 Å². The first kappa shape index (κ1) is 10.6. The van der Waals surface area contributed by atoms with Crippen LogP contribution in [0.25, 0.3) is 0 Å². The van der Waals surface area contributed by atoms with Crippen LogP contribution in [0.3, 0.4) is 0 Å². The Morgan fingerprint density at radius 2 is 2.54 bits per heavy atom. The van der Waals surface area contributed by atoms with Crippen molar-refractivity contribution < 1.29 is 9.84 Å². The third kappa shape index (κ3) is 3.04. The Morgan fingerprint density at radius 1 is 1.77 bits per heavy atom. The van der Waals surface area contributed by atoms with Crippen molar-refractivity contribution in [3.8, 4) is 0 Å². The lowest BCUT2D eigenvalue weighted by Crippen LogP contribution is -2.12. The van der Waals surface area contributed by atoms with Gasteiger partial charge in [0.25, 0.3) is 0 Å². The Bertz CT molecular complexity index is 252. The summed E-state index contributed by atoms with van der Waals surface area (Å²) in [6.07, 6.45) is 0.552. The van der Waals surface area contributed by atoms with Crippen molar-refractivity contribution in [2.75, 3.05) is 13.7 Å². The summed E-state index contributed by atoms with van der Waals surface area (Å²) in [5.74, 6) is 0. The van der Waals surface area contributed by atoms with E-state index in [0.717, 1.165) is 10.7 Å². The molecule has 0 aliphatic rings. The zero-order valence-corrected chi connectivity index (χ0v) is 8.38. The number of hydrogen-bond acceptors (Lipinski definition) is 5. The minimum Gasteiger partial charge on any atom is -0.396 e. The third-order valence-corrected chi connectivity index (χ3v) is 2.50. The number of rotatable bonds is 5. The largest absolute Gasteiger partial charge is 0.396 e. The molecule has 0 amide bonds. The summed E-state index contributed by atoms with van der Waals surface area (Å²) in [5.41, 5.74) is 6.60. The van der Waals surface area contributed by atoms with Crippen LogP contribution in [0, 0.1) is 0 Å². The molecule has 0 fully saturated rings. The molecule has 0 aliphatic heterocycles. The van der Waals surface area contributed by atoms with Crippen LogP contribution in [0.5, 0.6) is 0 Å². The maximum Gasteiger partial charge on any atom is 0.119 e. The Hall–Kier alpha value is -0.490. The van der Waals surface area contributed by atoms with Gasteiger partial charge in [0.05, 0.1) is 18.3 Å². The molecular formula is C8H14N2O2S. The van der Waals surface area contributed by atoms with Crippen molar-refractivity contribution in [2.45, 2.75) is 19.1 Å². The Morgan fingerprint density at radius 3 is 3.15 bits per heavy atom. The van der Waals surface area contributed by atoms with Gasteiger partial charge in [0.15, 0.2) is 0 Å². The van der Waals surface area contributed by atoms with Gasteiger partial charge in [-0.1, -0.05) is 0 Å². The molecule has 0 radical (unpaired) electrons. The lowest BCUT2D eigenvalue weighted by Gasteiger charge is -2.04. The second-order valence-corrected chi connectivity index (χ2v) is 3.66. The van der Waals surface area contributed by atoms with E-state index >= 15 is 0 Å². The second kappa shape index (κ2) is 5.29. The number of thiazole rings is 1. The number of nitrogens with zero attached hydrogens (tertiary/aromatic N) is 1. The molecule has 1 unspecified atom stereocenters. The quantitative estimate of drug-likeness (QED) is 0.736. The zero-order chi connectivity index (χ0) is 9.68. The monoisotopic (exact) mass is 202 g/mol. The van der Waals surface area contributed by atoms with Gasteiger partial charge in [-0.05, 0) is 6.42 Å². The first-order valence-electron chi connectivity index (χ1n) is 4.07. The van der Waals surface area contributed by atoms with Crippen molar-refractivity contribution in [1.82, 2.24) is 4.98 Å². The lowest BCUT2D eigenvalue weighted by molar-refractivity contribution is 0.184. The number of aromatic nitrogens is 1. The summed E-state index contributed by atoms with van der Waals surface area (Å²) < 4.78 is 4.94. The van der Waals surface area contributed by atoms with E-state index in [1.165, 1.54) is 11.3 Å². The minimum atomic E-state index is -0.160. The number of hydrogen-bond donors (Lipinski definition) is 2. The number of aliphatic hydroxyl groups excluding tert-OH is 1. The fourth-order valence-corrected chi connectivity index (χ4v) is 1.80. The average Bonchev–Trinajstić information content (AvgIpc) is 2.54. The average molecular weight is 202 g/mol. The van der Waals surface area contributed by atoms with E-state index in [2.05, 4.69) is 4.98 Å². The van der Waals surface area contributed by atoms with Gasteiger partial charge in [-0.25, -0.2) is 4.98 Å². The van der Waals surface area contributed by atoms with Crippen molar-refractivity contribution in [2.24, 2.45) is 5.73 Å². The molecule has 0 saturated heterocycles. The van der Waals surface area contributed by atoms with Gasteiger partial charge >= 0.3 is 0 Å². The summed E-state index contributed by atoms with van der Waals surface area (Å²) in [6.45, 7) is 0.620. The van der Waals surface area contributed by atoms with E-state index in [1.807, 2.05) is 5.38 Å².